The number of carbonyl (C=O) groups is 1. The average molecular weight is 251 g/mol. The molecule has 2 unspecified atom stereocenters. The highest BCUT2D eigenvalue weighted by molar-refractivity contribution is 5.80. The monoisotopic (exact) mass is 251 g/mol. The molecule has 0 aromatic carbocycles. The number of rotatable bonds is 3. The molecule has 100 valence electrons. The first-order valence-corrected chi connectivity index (χ1v) is 6.38. The number of nitrogens with zero attached hydrogens (tertiary/aromatic N) is 2. The topological polar surface area (TPSA) is 70.1 Å². The molecule has 2 atom stereocenters. The van der Waals surface area contributed by atoms with Gasteiger partial charge in [-0.25, -0.2) is 4.98 Å². The Morgan fingerprint density at radius 2 is 2.39 bits per heavy atom. The standard InChI is InChI=1S/C13H21N3O2/c1-9(2)11-15-6-7-16(11)10-4-5-13(14,8-10)12(17)18-3/h6-7,9-10H,4-5,8,14H2,1-3H3. The molecular weight excluding hydrogens is 230 g/mol. The summed E-state index contributed by atoms with van der Waals surface area (Å²) in [6.45, 7) is 4.23. The van der Waals surface area contributed by atoms with E-state index in [-0.39, 0.29) is 12.0 Å². The molecule has 1 heterocycles. The lowest BCUT2D eigenvalue weighted by Gasteiger charge is -2.22. The van der Waals surface area contributed by atoms with Gasteiger partial charge in [0.15, 0.2) is 0 Å². The fourth-order valence-corrected chi connectivity index (χ4v) is 2.76. The van der Waals surface area contributed by atoms with Crippen LogP contribution in [0.25, 0.3) is 0 Å². The summed E-state index contributed by atoms with van der Waals surface area (Å²) >= 11 is 0. The molecule has 0 spiro atoms. The van der Waals surface area contributed by atoms with Crippen molar-refractivity contribution >= 4 is 5.97 Å². The van der Waals surface area contributed by atoms with Gasteiger partial charge in [0.05, 0.1) is 7.11 Å². The van der Waals surface area contributed by atoms with Crippen LogP contribution in [0.15, 0.2) is 12.4 Å². The van der Waals surface area contributed by atoms with Crippen LogP contribution < -0.4 is 5.73 Å². The number of hydrogen-bond donors (Lipinski definition) is 1. The van der Waals surface area contributed by atoms with Crippen molar-refractivity contribution in [2.75, 3.05) is 7.11 Å². The Morgan fingerprint density at radius 1 is 1.67 bits per heavy atom. The predicted octanol–water partition coefficient (Wildman–Crippen LogP) is 1.60. The van der Waals surface area contributed by atoms with Crippen LogP contribution in [-0.2, 0) is 9.53 Å². The van der Waals surface area contributed by atoms with E-state index in [1.807, 2.05) is 12.4 Å². The number of ether oxygens (including phenoxy) is 1. The molecule has 0 amide bonds. The highest BCUT2D eigenvalue weighted by atomic mass is 16.5. The summed E-state index contributed by atoms with van der Waals surface area (Å²) in [7, 11) is 1.39. The lowest BCUT2D eigenvalue weighted by Crippen LogP contribution is -2.46. The number of hydrogen-bond acceptors (Lipinski definition) is 4. The van der Waals surface area contributed by atoms with Crippen molar-refractivity contribution < 1.29 is 9.53 Å². The van der Waals surface area contributed by atoms with Crippen LogP contribution in [0.1, 0.15) is 50.9 Å². The Morgan fingerprint density at radius 3 is 3.00 bits per heavy atom. The number of carbonyl (C=O) groups excluding carboxylic acids is 1. The lowest BCUT2D eigenvalue weighted by molar-refractivity contribution is -0.146. The summed E-state index contributed by atoms with van der Waals surface area (Å²) in [5, 5.41) is 0. The summed E-state index contributed by atoms with van der Waals surface area (Å²) in [6, 6.07) is 0.244. The normalized spacial score (nSPS) is 27.7. The number of nitrogens with two attached hydrogens (primary N) is 1. The van der Waals surface area contributed by atoms with E-state index in [9.17, 15) is 4.79 Å². The summed E-state index contributed by atoms with van der Waals surface area (Å²) in [6.07, 6.45) is 5.96. The highest BCUT2D eigenvalue weighted by Crippen LogP contribution is 2.38. The number of imidazole rings is 1. The molecule has 5 nitrogen and oxygen atoms in total. The molecule has 2 N–H and O–H groups in total. The van der Waals surface area contributed by atoms with Crippen molar-refractivity contribution in [1.29, 1.82) is 0 Å². The third-order valence-corrected chi connectivity index (χ3v) is 3.72. The van der Waals surface area contributed by atoms with Crippen molar-refractivity contribution in [3.05, 3.63) is 18.2 Å². The van der Waals surface area contributed by atoms with Gasteiger partial charge in [0.25, 0.3) is 0 Å². The van der Waals surface area contributed by atoms with E-state index in [1.165, 1.54) is 7.11 Å². The fraction of sp³-hybridized carbons (Fsp3) is 0.692. The van der Waals surface area contributed by atoms with E-state index in [0.717, 1.165) is 12.2 Å². The first kappa shape index (κ1) is 13.1. The molecule has 5 heteroatoms. The Bertz CT molecular complexity index is 441. The van der Waals surface area contributed by atoms with Gasteiger partial charge in [-0.15, -0.1) is 0 Å². The van der Waals surface area contributed by atoms with Crippen molar-refractivity contribution in [2.24, 2.45) is 5.73 Å². The predicted molar refractivity (Wildman–Crippen MR) is 68.1 cm³/mol. The maximum absolute atomic E-state index is 11.7. The van der Waals surface area contributed by atoms with Gasteiger partial charge >= 0.3 is 5.97 Å². The molecule has 1 aromatic heterocycles. The number of methoxy groups -OCH3 is 1. The summed E-state index contributed by atoms with van der Waals surface area (Å²) < 4.78 is 6.95. The van der Waals surface area contributed by atoms with Gasteiger partial charge in [-0.3, -0.25) is 4.79 Å². The van der Waals surface area contributed by atoms with Gasteiger partial charge < -0.3 is 15.0 Å². The Labute approximate surface area is 107 Å². The minimum absolute atomic E-state index is 0.244. The molecule has 1 fully saturated rings. The van der Waals surface area contributed by atoms with E-state index in [4.69, 9.17) is 10.5 Å². The van der Waals surface area contributed by atoms with E-state index in [2.05, 4.69) is 23.4 Å². The molecule has 1 aliphatic rings. The molecule has 0 bridgehead atoms. The molecule has 0 saturated heterocycles. The van der Waals surface area contributed by atoms with Crippen molar-refractivity contribution in [3.63, 3.8) is 0 Å². The molecule has 0 radical (unpaired) electrons. The number of esters is 1. The summed E-state index contributed by atoms with van der Waals surface area (Å²) in [4.78, 5) is 16.1. The van der Waals surface area contributed by atoms with Gasteiger partial charge in [-0.1, -0.05) is 13.8 Å². The van der Waals surface area contributed by atoms with Gasteiger partial charge in [0.2, 0.25) is 0 Å². The van der Waals surface area contributed by atoms with Crippen LogP contribution in [-0.4, -0.2) is 28.2 Å². The lowest BCUT2D eigenvalue weighted by atomic mass is 9.99. The fourth-order valence-electron chi connectivity index (χ4n) is 2.76. The largest absolute Gasteiger partial charge is 0.468 e. The molecule has 1 aromatic rings. The zero-order valence-electron chi connectivity index (χ0n) is 11.2. The smallest absolute Gasteiger partial charge is 0.325 e. The first-order valence-electron chi connectivity index (χ1n) is 6.38. The maximum atomic E-state index is 11.7. The molecule has 2 rings (SSSR count). The summed E-state index contributed by atoms with van der Waals surface area (Å²) in [5.41, 5.74) is 5.29. The van der Waals surface area contributed by atoms with Crippen LogP contribution in [0.2, 0.25) is 0 Å². The molecule has 1 aliphatic carbocycles. The van der Waals surface area contributed by atoms with E-state index in [1.54, 1.807) is 0 Å². The zero-order valence-corrected chi connectivity index (χ0v) is 11.2. The summed E-state index contributed by atoms with van der Waals surface area (Å²) in [5.74, 6) is 1.11. The maximum Gasteiger partial charge on any atom is 0.325 e. The second kappa shape index (κ2) is 4.72. The minimum atomic E-state index is -0.835. The molecular formula is C13H21N3O2. The second-order valence-corrected chi connectivity index (χ2v) is 5.39. The molecule has 0 aliphatic heterocycles. The Kier molecular flexibility index (Phi) is 3.43. The molecule has 18 heavy (non-hydrogen) atoms. The first-order chi connectivity index (χ1) is 8.48. The van der Waals surface area contributed by atoms with E-state index >= 15 is 0 Å². The van der Waals surface area contributed by atoms with E-state index < -0.39 is 5.54 Å². The van der Waals surface area contributed by atoms with Crippen molar-refractivity contribution in [1.82, 2.24) is 9.55 Å². The Balaban J connectivity index is 2.18. The van der Waals surface area contributed by atoms with Gasteiger partial charge in [0, 0.05) is 24.4 Å². The number of aromatic nitrogens is 2. The van der Waals surface area contributed by atoms with Crippen LogP contribution in [0.4, 0.5) is 0 Å². The van der Waals surface area contributed by atoms with Crippen LogP contribution in [0, 0.1) is 0 Å². The second-order valence-electron chi connectivity index (χ2n) is 5.39. The molecule has 1 saturated carbocycles. The average Bonchev–Trinajstić information content (AvgIpc) is 2.94. The van der Waals surface area contributed by atoms with Crippen molar-refractivity contribution in [2.45, 2.75) is 50.6 Å². The highest BCUT2D eigenvalue weighted by Gasteiger charge is 2.44. The van der Waals surface area contributed by atoms with Crippen LogP contribution >= 0.6 is 0 Å². The minimum Gasteiger partial charge on any atom is -0.468 e. The Hall–Kier alpha value is -1.36. The van der Waals surface area contributed by atoms with Gasteiger partial charge in [-0.05, 0) is 19.3 Å². The van der Waals surface area contributed by atoms with Crippen LogP contribution in [0.5, 0.6) is 0 Å². The van der Waals surface area contributed by atoms with Gasteiger partial charge in [0.1, 0.15) is 11.4 Å². The van der Waals surface area contributed by atoms with Gasteiger partial charge in [-0.2, -0.15) is 0 Å². The van der Waals surface area contributed by atoms with Crippen molar-refractivity contribution in [3.8, 4) is 0 Å². The third kappa shape index (κ3) is 2.14. The van der Waals surface area contributed by atoms with Crippen LogP contribution in [0.3, 0.4) is 0 Å². The quantitative estimate of drug-likeness (QED) is 0.828. The van der Waals surface area contributed by atoms with E-state index in [0.29, 0.717) is 18.8 Å². The SMILES string of the molecule is COC(=O)C1(N)CCC(n2ccnc2C(C)C)C1. The third-order valence-electron chi connectivity index (χ3n) is 3.72. The zero-order chi connectivity index (χ0) is 13.3.